The number of pyridine rings is 1. The zero-order valence-electron chi connectivity index (χ0n) is 9.16. The fraction of sp³-hybridized carbons (Fsp3) is 0. The van der Waals surface area contributed by atoms with Gasteiger partial charge in [0.1, 0.15) is 0 Å². The second kappa shape index (κ2) is 4.99. The van der Waals surface area contributed by atoms with Crippen LogP contribution in [0.5, 0.6) is 11.6 Å². The van der Waals surface area contributed by atoms with E-state index in [0.29, 0.717) is 10.9 Å². The van der Waals surface area contributed by atoms with Crippen LogP contribution in [0.25, 0.3) is 10.9 Å². The van der Waals surface area contributed by atoms with Gasteiger partial charge in [0, 0.05) is 11.5 Å². The number of hydrogen-bond donors (Lipinski definition) is 2. The summed E-state index contributed by atoms with van der Waals surface area (Å²) in [7, 11) is 0. The summed E-state index contributed by atoms with van der Waals surface area (Å²) in [6, 6.07) is 5.51. The van der Waals surface area contributed by atoms with Crippen LogP contribution in [-0.4, -0.2) is 27.5 Å². The number of fused-ring (bicyclic) bond motifs is 1. The molecule has 1 aromatic heterocycles. The minimum absolute atomic E-state index is 0.0321. The zero-order chi connectivity index (χ0) is 14.0. The van der Waals surface area contributed by atoms with Crippen LogP contribution in [0.1, 0.15) is 0 Å². The molecule has 0 aliphatic rings. The van der Waals surface area contributed by atoms with Gasteiger partial charge in [0.25, 0.3) is 0 Å². The van der Waals surface area contributed by atoms with E-state index in [4.69, 9.17) is 21.8 Å². The van der Waals surface area contributed by atoms with Gasteiger partial charge < -0.3 is 19.7 Å². The number of rotatable bonds is 2. The summed E-state index contributed by atoms with van der Waals surface area (Å²) in [5.74, 6) is -0.140. The molecule has 7 nitrogen and oxygen atoms in total. The van der Waals surface area contributed by atoms with Crippen molar-refractivity contribution in [3.8, 4) is 11.6 Å². The van der Waals surface area contributed by atoms with Gasteiger partial charge in [-0.15, -0.1) is 0 Å². The summed E-state index contributed by atoms with van der Waals surface area (Å²) < 4.78 is 8.87. The molecule has 0 amide bonds. The van der Waals surface area contributed by atoms with Gasteiger partial charge >= 0.3 is 12.3 Å². The first-order valence-electron chi connectivity index (χ1n) is 4.88. The predicted molar refractivity (Wildman–Crippen MR) is 64.1 cm³/mol. The van der Waals surface area contributed by atoms with E-state index in [1.807, 2.05) is 0 Å². The number of nitrogens with zero attached hydrogens (tertiary/aromatic N) is 1. The maximum absolute atomic E-state index is 10.5. The molecule has 0 saturated carbocycles. The second-order valence-electron chi connectivity index (χ2n) is 3.33. The number of benzene rings is 1. The van der Waals surface area contributed by atoms with Gasteiger partial charge in [-0.05, 0) is 18.2 Å². The minimum atomic E-state index is -1.49. The predicted octanol–water partition coefficient (Wildman–Crippen LogP) is 3.00. The fourth-order valence-corrected chi connectivity index (χ4v) is 1.71. The van der Waals surface area contributed by atoms with E-state index in [1.165, 1.54) is 24.3 Å². The van der Waals surface area contributed by atoms with Gasteiger partial charge in [-0.25, -0.2) is 14.6 Å². The molecule has 0 aliphatic heterocycles. The van der Waals surface area contributed by atoms with Gasteiger partial charge in [-0.3, -0.25) is 0 Å². The molecule has 0 bridgehead atoms. The van der Waals surface area contributed by atoms with Crippen molar-refractivity contribution in [1.82, 2.24) is 4.98 Å². The van der Waals surface area contributed by atoms with E-state index in [-0.39, 0.29) is 16.7 Å². The average Bonchev–Trinajstić information content (AvgIpc) is 2.31. The Kier molecular flexibility index (Phi) is 3.39. The lowest BCUT2D eigenvalue weighted by Crippen LogP contribution is -2.05. The quantitative estimate of drug-likeness (QED) is 0.644. The number of aromatic nitrogens is 1. The van der Waals surface area contributed by atoms with Crippen LogP contribution in [0.2, 0.25) is 5.02 Å². The van der Waals surface area contributed by atoms with Crippen molar-refractivity contribution in [1.29, 1.82) is 0 Å². The van der Waals surface area contributed by atoms with E-state index in [2.05, 4.69) is 14.5 Å². The molecule has 2 N–H and O–H groups in total. The number of carboxylic acid groups (broad SMARTS) is 2. The fourth-order valence-electron chi connectivity index (χ4n) is 1.45. The van der Waals surface area contributed by atoms with Crippen LogP contribution in [0.3, 0.4) is 0 Å². The van der Waals surface area contributed by atoms with E-state index in [0.717, 1.165) is 0 Å². The summed E-state index contributed by atoms with van der Waals surface area (Å²) in [5.41, 5.74) is 0.349. The number of ether oxygens (including phenoxy) is 2. The van der Waals surface area contributed by atoms with Gasteiger partial charge in [0.05, 0.1) is 10.5 Å². The highest BCUT2D eigenvalue weighted by Crippen LogP contribution is 2.33. The smallest absolute Gasteiger partial charge is 0.449 e. The van der Waals surface area contributed by atoms with Crippen molar-refractivity contribution in [2.45, 2.75) is 0 Å². The SMILES string of the molecule is O=C(O)Oc1ccc2c(Cl)c(OC(=O)O)ccc2n1. The molecule has 19 heavy (non-hydrogen) atoms. The average molecular weight is 284 g/mol. The summed E-state index contributed by atoms with van der Waals surface area (Å²) >= 11 is 5.96. The van der Waals surface area contributed by atoms with Crippen LogP contribution < -0.4 is 9.47 Å². The van der Waals surface area contributed by atoms with Gasteiger partial charge in [0.15, 0.2) is 5.75 Å². The summed E-state index contributed by atoms with van der Waals surface area (Å²) in [4.78, 5) is 24.7. The molecule has 98 valence electrons. The normalized spacial score (nSPS) is 10.2. The molecule has 0 saturated heterocycles. The van der Waals surface area contributed by atoms with E-state index in [1.54, 1.807) is 0 Å². The minimum Gasteiger partial charge on any atom is -0.449 e. The maximum atomic E-state index is 10.5. The molecule has 0 atom stereocenters. The Bertz CT molecular complexity index is 672. The van der Waals surface area contributed by atoms with Crippen LogP contribution in [0.4, 0.5) is 9.59 Å². The molecule has 0 fully saturated rings. The van der Waals surface area contributed by atoms with E-state index < -0.39 is 12.3 Å². The van der Waals surface area contributed by atoms with Crippen molar-refractivity contribution in [2.24, 2.45) is 0 Å². The van der Waals surface area contributed by atoms with Crippen molar-refractivity contribution < 1.29 is 29.3 Å². The Balaban J connectivity index is 2.47. The van der Waals surface area contributed by atoms with Gasteiger partial charge in [0.2, 0.25) is 5.88 Å². The van der Waals surface area contributed by atoms with Gasteiger partial charge in [-0.2, -0.15) is 0 Å². The van der Waals surface area contributed by atoms with Crippen LogP contribution >= 0.6 is 11.6 Å². The first-order chi connectivity index (χ1) is 8.97. The monoisotopic (exact) mass is 283 g/mol. The van der Waals surface area contributed by atoms with Crippen molar-refractivity contribution in [2.75, 3.05) is 0 Å². The maximum Gasteiger partial charge on any atom is 0.512 e. The first-order valence-corrected chi connectivity index (χ1v) is 5.26. The highest BCUT2D eigenvalue weighted by Gasteiger charge is 2.12. The molecule has 2 aromatic rings. The Labute approximate surface area is 111 Å². The highest BCUT2D eigenvalue weighted by atomic mass is 35.5. The molecule has 0 spiro atoms. The zero-order valence-corrected chi connectivity index (χ0v) is 9.92. The molecule has 0 radical (unpaired) electrons. The van der Waals surface area contributed by atoms with Gasteiger partial charge in [-0.1, -0.05) is 11.6 Å². The standard InChI is InChI=1S/C11H6ClNO6/c12-9-5-1-4-8(19-11(16)17)13-6(5)2-3-7(9)18-10(14)15/h1-4H,(H,14,15)(H,16,17). The molecule has 0 unspecified atom stereocenters. The van der Waals surface area contributed by atoms with Crippen LogP contribution in [0, 0.1) is 0 Å². The molecule has 8 heteroatoms. The third-order valence-electron chi connectivity index (χ3n) is 2.13. The third kappa shape index (κ3) is 2.83. The van der Waals surface area contributed by atoms with Crippen molar-refractivity contribution >= 4 is 34.8 Å². The van der Waals surface area contributed by atoms with Crippen molar-refractivity contribution in [3.05, 3.63) is 29.3 Å². The molecule has 1 aromatic carbocycles. The molecule has 1 heterocycles. The lowest BCUT2D eigenvalue weighted by molar-refractivity contribution is 0.141. The Morgan fingerprint density at radius 3 is 2.37 bits per heavy atom. The van der Waals surface area contributed by atoms with Crippen LogP contribution in [-0.2, 0) is 0 Å². The van der Waals surface area contributed by atoms with E-state index >= 15 is 0 Å². The Hall–Kier alpha value is -2.54. The largest absolute Gasteiger partial charge is 0.512 e. The third-order valence-corrected chi connectivity index (χ3v) is 2.52. The topological polar surface area (TPSA) is 106 Å². The number of hydrogen-bond acceptors (Lipinski definition) is 5. The Morgan fingerprint density at radius 1 is 1.05 bits per heavy atom. The summed E-state index contributed by atoms with van der Waals surface area (Å²) in [6.45, 7) is 0. The van der Waals surface area contributed by atoms with E-state index in [9.17, 15) is 9.59 Å². The first kappa shape index (κ1) is 12.9. The van der Waals surface area contributed by atoms with Crippen LogP contribution in [0.15, 0.2) is 24.3 Å². The lowest BCUT2D eigenvalue weighted by Gasteiger charge is -2.06. The molecular weight excluding hydrogens is 278 g/mol. The summed E-state index contributed by atoms with van der Waals surface area (Å²) in [5, 5.41) is 17.5. The Morgan fingerprint density at radius 2 is 1.74 bits per heavy atom. The lowest BCUT2D eigenvalue weighted by atomic mass is 10.2. The molecule has 2 rings (SSSR count). The molecular formula is C11H6ClNO6. The number of carbonyl (C=O) groups is 2. The highest BCUT2D eigenvalue weighted by molar-refractivity contribution is 6.37. The molecule has 0 aliphatic carbocycles. The second-order valence-corrected chi connectivity index (χ2v) is 3.71. The summed E-state index contributed by atoms with van der Waals surface area (Å²) in [6.07, 6.45) is -2.97. The van der Waals surface area contributed by atoms with Crippen molar-refractivity contribution in [3.63, 3.8) is 0 Å². The number of halogens is 1.